The van der Waals surface area contributed by atoms with Crippen molar-refractivity contribution >= 4 is 0 Å². The van der Waals surface area contributed by atoms with Crippen molar-refractivity contribution in [2.75, 3.05) is 0 Å². The molecule has 0 fully saturated rings. The quantitative estimate of drug-likeness (QED) is 0.353. The zero-order chi connectivity index (χ0) is 9.40. The van der Waals surface area contributed by atoms with Gasteiger partial charge >= 0.3 is 0 Å². The summed E-state index contributed by atoms with van der Waals surface area (Å²) >= 11 is 0. The van der Waals surface area contributed by atoms with Crippen LogP contribution in [-0.4, -0.2) is 12.5 Å². The Morgan fingerprint density at radius 1 is 1.33 bits per heavy atom. The van der Waals surface area contributed by atoms with Crippen LogP contribution in [-0.2, 0) is 4.74 Å². The van der Waals surface area contributed by atoms with Crippen molar-refractivity contribution in [1.82, 2.24) is 0 Å². The van der Waals surface area contributed by atoms with Crippen LogP contribution in [0.3, 0.4) is 0 Å². The van der Waals surface area contributed by atoms with Gasteiger partial charge in [0.05, 0.1) is 6.10 Å². The summed E-state index contributed by atoms with van der Waals surface area (Å²) in [6, 6.07) is 0. The van der Waals surface area contributed by atoms with Gasteiger partial charge in [-0.3, -0.25) is 0 Å². The summed E-state index contributed by atoms with van der Waals surface area (Å²) in [6.45, 7) is 3.71. The molecule has 1 unspecified atom stereocenters. The fraction of sp³-hybridized carbons (Fsp3) is 1.00. The van der Waals surface area contributed by atoms with E-state index in [1.807, 2.05) is 6.92 Å². The van der Waals surface area contributed by atoms with Crippen molar-refractivity contribution in [3.63, 3.8) is 0 Å². The molecule has 1 atom stereocenters. The number of hydrogen-bond acceptors (Lipinski definition) is 3. The SMILES string of the molecule is CCC(C)OC(N=[N+]=[N-])N=[N+]=[N-]. The molecule has 0 aliphatic carbocycles. The molecule has 7 nitrogen and oxygen atoms in total. The Balaban J connectivity index is 4.12. The summed E-state index contributed by atoms with van der Waals surface area (Å²) < 4.78 is 5.04. The van der Waals surface area contributed by atoms with Gasteiger partial charge in [-0.2, -0.15) is 0 Å². The number of ether oxygens (including phenoxy) is 1. The van der Waals surface area contributed by atoms with E-state index in [1.54, 1.807) is 6.92 Å². The number of nitrogens with zero attached hydrogens (tertiary/aromatic N) is 6. The molecule has 0 heterocycles. The fourth-order valence-corrected chi connectivity index (χ4v) is 0.470. The van der Waals surface area contributed by atoms with Crippen molar-refractivity contribution < 1.29 is 4.74 Å². The highest BCUT2D eigenvalue weighted by Gasteiger charge is 2.06. The van der Waals surface area contributed by atoms with Gasteiger partial charge in [0, 0.05) is 9.82 Å². The Bertz CT molecular complexity index is 198. The van der Waals surface area contributed by atoms with E-state index in [0.29, 0.717) is 0 Å². The molecule has 0 radical (unpaired) electrons. The Hall–Kier alpha value is -1.42. The summed E-state index contributed by atoms with van der Waals surface area (Å²) in [7, 11) is 0. The normalized spacial score (nSPS) is 13.8. The van der Waals surface area contributed by atoms with Gasteiger partial charge in [0.2, 0.25) is 6.35 Å². The Morgan fingerprint density at radius 2 is 1.83 bits per heavy atom. The summed E-state index contributed by atoms with van der Waals surface area (Å²) in [6.07, 6.45) is -0.403. The van der Waals surface area contributed by atoms with E-state index in [1.165, 1.54) is 0 Å². The van der Waals surface area contributed by atoms with Crippen LogP contribution in [0.4, 0.5) is 0 Å². The van der Waals surface area contributed by atoms with Gasteiger partial charge in [0.25, 0.3) is 0 Å². The minimum Gasteiger partial charge on any atom is -0.364 e. The Kier molecular flexibility index (Phi) is 5.55. The lowest BCUT2D eigenvalue weighted by molar-refractivity contribution is 0.00430. The molecule has 0 aromatic carbocycles. The average molecular weight is 170 g/mol. The smallest absolute Gasteiger partial charge is 0.215 e. The first-order chi connectivity index (χ1) is 5.74. The molecule has 0 amide bonds. The largest absolute Gasteiger partial charge is 0.364 e. The van der Waals surface area contributed by atoms with E-state index >= 15 is 0 Å². The molecule has 0 aliphatic heterocycles. The zero-order valence-electron chi connectivity index (χ0n) is 6.95. The van der Waals surface area contributed by atoms with E-state index in [2.05, 4.69) is 20.1 Å². The molecule has 0 saturated heterocycles. The van der Waals surface area contributed by atoms with E-state index in [4.69, 9.17) is 15.8 Å². The lowest BCUT2D eigenvalue weighted by Gasteiger charge is -2.12. The summed E-state index contributed by atoms with van der Waals surface area (Å²) in [5.74, 6) is 0. The van der Waals surface area contributed by atoms with Crippen LogP contribution in [0.5, 0.6) is 0 Å². The van der Waals surface area contributed by atoms with E-state index in [0.717, 1.165) is 6.42 Å². The summed E-state index contributed by atoms with van der Waals surface area (Å²) in [4.78, 5) is 4.95. The Morgan fingerprint density at radius 3 is 2.17 bits per heavy atom. The maximum Gasteiger partial charge on any atom is 0.215 e. The van der Waals surface area contributed by atoms with Gasteiger partial charge < -0.3 is 4.74 Å². The van der Waals surface area contributed by atoms with Crippen LogP contribution >= 0.6 is 0 Å². The monoisotopic (exact) mass is 170 g/mol. The van der Waals surface area contributed by atoms with Crippen LogP contribution < -0.4 is 0 Å². The Labute approximate surface area is 69.6 Å². The first-order valence-electron chi connectivity index (χ1n) is 3.48. The minimum atomic E-state index is -1.07. The summed E-state index contributed by atoms with van der Waals surface area (Å²) in [5.41, 5.74) is 16.1. The molecule has 0 spiro atoms. The third-order valence-corrected chi connectivity index (χ3v) is 1.23. The molecule has 7 heteroatoms. The maximum absolute atomic E-state index is 8.04. The fourth-order valence-electron chi connectivity index (χ4n) is 0.470. The van der Waals surface area contributed by atoms with Crippen molar-refractivity contribution in [3.8, 4) is 0 Å². The highest BCUT2D eigenvalue weighted by molar-refractivity contribution is 4.57. The van der Waals surface area contributed by atoms with Crippen LogP contribution in [0.25, 0.3) is 20.9 Å². The lowest BCUT2D eigenvalue weighted by Crippen LogP contribution is -2.14. The first-order valence-corrected chi connectivity index (χ1v) is 3.48. The van der Waals surface area contributed by atoms with Gasteiger partial charge in [-0.05, 0) is 24.4 Å². The molecule has 0 aliphatic rings. The molecule has 0 rings (SSSR count). The zero-order valence-corrected chi connectivity index (χ0v) is 6.95. The third kappa shape index (κ3) is 4.40. The van der Waals surface area contributed by atoms with E-state index in [-0.39, 0.29) is 6.10 Å². The van der Waals surface area contributed by atoms with Crippen LogP contribution in [0.2, 0.25) is 0 Å². The number of rotatable bonds is 5. The molecule has 66 valence electrons. The molecule has 12 heavy (non-hydrogen) atoms. The minimum absolute atomic E-state index is 0.0917. The standard InChI is InChI=1S/C5H10N6O/c1-3-4(2)12-5(8-10-6)9-11-7/h4-5H,3H2,1-2H3. The molecular formula is C5H10N6O. The van der Waals surface area contributed by atoms with Gasteiger partial charge in [0.1, 0.15) is 0 Å². The average Bonchev–Trinajstić information content (AvgIpc) is 2.05. The molecule has 0 bridgehead atoms. The molecular weight excluding hydrogens is 160 g/mol. The molecule has 0 N–H and O–H groups in total. The van der Waals surface area contributed by atoms with Crippen LogP contribution in [0.1, 0.15) is 20.3 Å². The first kappa shape index (κ1) is 10.6. The van der Waals surface area contributed by atoms with Crippen LogP contribution in [0, 0.1) is 0 Å². The van der Waals surface area contributed by atoms with E-state index < -0.39 is 6.35 Å². The van der Waals surface area contributed by atoms with Crippen molar-refractivity contribution in [2.24, 2.45) is 10.2 Å². The van der Waals surface area contributed by atoms with E-state index in [9.17, 15) is 0 Å². The van der Waals surface area contributed by atoms with Crippen LogP contribution in [0.15, 0.2) is 10.2 Å². The van der Waals surface area contributed by atoms with Gasteiger partial charge in [0.15, 0.2) is 0 Å². The topological polar surface area (TPSA) is 107 Å². The van der Waals surface area contributed by atoms with Gasteiger partial charge in [-0.15, -0.1) is 0 Å². The second-order valence-corrected chi connectivity index (χ2v) is 2.09. The van der Waals surface area contributed by atoms with Gasteiger partial charge in [-0.25, -0.2) is 0 Å². The maximum atomic E-state index is 8.04. The predicted molar refractivity (Wildman–Crippen MR) is 42.9 cm³/mol. The van der Waals surface area contributed by atoms with Crippen molar-refractivity contribution in [2.45, 2.75) is 32.7 Å². The summed E-state index contributed by atoms with van der Waals surface area (Å²) in [5, 5.41) is 6.28. The number of hydrogen-bond donors (Lipinski definition) is 0. The van der Waals surface area contributed by atoms with Gasteiger partial charge in [-0.1, -0.05) is 17.2 Å². The van der Waals surface area contributed by atoms with Crippen molar-refractivity contribution in [1.29, 1.82) is 0 Å². The highest BCUT2D eigenvalue weighted by Crippen LogP contribution is 2.04. The lowest BCUT2D eigenvalue weighted by atomic mass is 10.3. The second kappa shape index (κ2) is 6.30. The third-order valence-electron chi connectivity index (χ3n) is 1.23. The molecule has 0 saturated carbocycles. The molecule has 0 aromatic heterocycles. The van der Waals surface area contributed by atoms with Crippen molar-refractivity contribution in [3.05, 3.63) is 20.9 Å². The number of azide groups is 1. The highest BCUT2D eigenvalue weighted by atomic mass is 16.5. The predicted octanol–water partition coefficient (Wildman–Crippen LogP) is 2.71. The molecule has 0 aromatic rings. The second-order valence-electron chi connectivity index (χ2n) is 2.09.